The van der Waals surface area contributed by atoms with Gasteiger partial charge in [-0.25, -0.2) is 0 Å². The first-order valence-electron chi connectivity index (χ1n) is 10.3. The van der Waals surface area contributed by atoms with Crippen LogP contribution in [0.5, 0.6) is 5.75 Å². The number of hydrogen-bond acceptors (Lipinski definition) is 5. The van der Waals surface area contributed by atoms with Gasteiger partial charge in [0.15, 0.2) is 11.0 Å². The van der Waals surface area contributed by atoms with Crippen LogP contribution in [-0.4, -0.2) is 51.0 Å². The van der Waals surface area contributed by atoms with Crippen molar-refractivity contribution in [2.45, 2.75) is 37.4 Å². The van der Waals surface area contributed by atoms with Gasteiger partial charge in [-0.05, 0) is 74.7 Å². The highest BCUT2D eigenvalue weighted by Gasteiger charge is 2.24. The second-order valence-electron chi connectivity index (χ2n) is 7.57. The topological polar surface area (TPSA) is 60.2 Å². The molecule has 3 aromatic rings. The number of methoxy groups -OCH3 is 1. The van der Waals surface area contributed by atoms with E-state index < -0.39 is 0 Å². The Kier molecular flexibility index (Phi) is 6.83. The van der Waals surface area contributed by atoms with E-state index in [-0.39, 0.29) is 5.91 Å². The molecule has 1 aromatic heterocycles. The molecule has 0 bridgehead atoms. The lowest BCUT2D eigenvalue weighted by Gasteiger charge is -2.33. The van der Waals surface area contributed by atoms with Crippen molar-refractivity contribution in [2.24, 2.45) is 0 Å². The fraction of sp³-hybridized carbons (Fsp3) is 0.348. The zero-order valence-corrected chi connectivity index (χ0v) is 19.2. The summed E-state index contributed by atoms with van der Waals surface area (Å²) < 4.78 is 7.26. The molecule has 1 aliphatic heterocycles. The van der Waals surface area contributed by atoms with E-state index in [1.165, 1.54) is 18.2 Å². The van der Waals surface area contributed by atoms with E-state index in [2.05, 4.69) is 17.1 Å². The Morgan fingerprint density at radius 2 is 1.87 bits per heavy atom. The first-order valence-corrected chi connectivity index (χ1v) is 11.7. The molecular formula is C23H25ClN4O2S. The predicted octanol–water partition coefficient (Wildman–Crippen LogP) is 5.09. The summed E-state index contributed by atoms with van der Waals surface area (Å²) >= 11 is 7.48. The van der Waals surface area contributed by atoms with Gasteiger partial charge in [0.1, 0.15) is 5.75 Å². The van der Waals surface area contributed by atoms with Gasteiger partial charge in [-0.1, -0.05) is 23.4 Å². The number of amides is 1. The third-order valence-corrected chi connectivity index (χ3v) is 6.68. The Balaban J connectivity index is 1.63. The van der Waals surface area contributed by atoms with E-state index >= 15 is 0 Å². The molecule has 0 aliphatic carbocycles. The summed E-state index contributed by atoms with van der Waals surface area (Å²) in [5, 5.41) is 10.2. The zero-order chi connectivity index (χ0) is 21.8. The monoisotopic (exact) mass is 456 g/mol. The number of halogens is 1. The molecule has 0 spiro atoms. The highest BCUT2D eigenvalue weighted by molar-refractivity contribution is 7.99. The van der Waals surface area contributed by atoms with E-state index in [1.807, 2.05) is 58.0 Å². The molecular weight excluding hydrogens is 432 g/mol. The Morgan fingerprint density at radius 1 is 1.13 bits per heavy atom. The van der Waals surface area contributed by atoms with Crippen LogP contribution in [0.2, 0.25) is 5.02 Å². The molecule has 8 heteroatoms. The molecule has 31 heavy (non-hydrogen) atoms. The van der Waals surface area contributed by atoms with E-state index in [1.54, 1.807) is 7.11 Å². The van der Waals surface area contributed by atoms with Crippen LogP contribution in [0.25, 0.3) is 17.1 Å². The molecule has 1 unspecified atom stereocenters. The summed E-state index contributed by atoms with van der Waals surface area (Å²) in [5.74, 6) is 1.95. The van der Waals surface area contributed by atoms with Crippen molar-refractivity contribution in [3.8, 4) is 22.8 Å². The lowest BCUT2D eigenvalue weighted by atomic mass is 10.0. The normalized spacial score (nSPS) is 16.4. The average molecular weight is 457 g/mol. The molecule has 1 amide bonds. The summed E-state index contributed by atoms with van der Waals surface area (Å²) in [6.07, 6.45) is 3.33. The van der Waals surface area contributed by atoms with Gasteiger partial charge in [-0.3, -0.25) is 9.36 Å². The molecule has 0 saturated carbocycles. The van der Waals surface area contributed by atoms with Crippen LogP contribution >= 0.6 is 23.4 Å². The molecule has 2 aromatic carbocycles. The number of thioether (sulfide) groups is 1. The lowest BCUT2D eigenvalue weighted by Crippen LogP contribution is -2.42. The van der Waals surface area contributed by atoms with E-state index in [0.717, 1.165) is 36.4 Å². The molecule has 0 N–H and O–H groups in total. The largest absolute Gasteiger partial charge is 0.497 e. The maximum Gasteiger partial charge on any atom is 0.233 e. The molecule has 6 nitrogen and oxygen atoms in total. The summed E-state index contributed by atoms with van der Waals surface area (Å²) in [5.41, 5.74) is 1.80. The fourth-order valence-corrected chi connectivity index (χ4v) is 4.76. The lowest BCUT2D eigenvalue weighted by molar-refractivity contribution is -0.131. The molecule has 1 atom stereocenters. The number of rotatable bonds is 6. The third kappa shape index (κ3) is 4.88. The van der Waals surface area contributed by atoms with Crippen molar-refractivity contribution in [1.82, 2.24) is 19.7 Å². The highest BCUT2D eigenvalue weighted by Crippen LogP contribution is 2.30. The Labute approximate surface area is 191 Å². The second kappa shape index (κ2) is 9.75. The van der Waals surface area contributed by atoms with Gasteiger partial charge < -0.3 is 9.64 Å². The highest BCUT2D eigenvalue weighted by atomic mass is 35.5. The van der Waals surface area contributed by atoms with Gasteiger partial charge in [0.25, 0.3) is 0 Å². The zero-order valence-electron chi connectivity index (χ0n) is 17.6. The van der Waals surface area contributed by atoms with Crippen molar-refractivity contribution < 1.29 is 9.53 Å². The smallest absolute Gasteiger partial charge is 0.233 e. The van der Waals surface area contributed by atoms with Crippen LogP contribution in [0.3, 0.4) is 0 Å². The number of hydrogen-bond donors (Lipinski definition) is 0. The summed E-state index contributed by atoms with van der Waals surface area (Å²) in [6.45, 7) is 2.96. The summed E-state index contributed by atoms with van der Waals surface area (Å²) in [7, 11) is 1.64. The number of carbonyl (C=O) groups excluding carboxylic acids is 1. The molecule has 1 aliphatic rings. The summed E-state index contributed by atoms with van der Waals surface area (Å²) in [6, 6.07) is 15.5. The number of nitrogens with zero attached hydrogens (tertiary/aromatic N) is 4. The van der Waals surface area contributed by atoms with Crippen molar-refractivity contribution in [2.75, 3.05) is 19.4 Å². The van der Waals surface area contributed by atoms with Gasteiger partial charge in [0.2, 0.25) is 5.91 Å². The van der Waals surface area contributed by atoms with Crippen LogP contribution in [0.15, 0.2) is 53.7 Å². The number of benzene rings is 2. The number of likely N-dealkylation sites (tertiary alicyclic amines) is 1. The standard InChI is InChI=1S/C23H25ClN4O2S/c1-16-5-3-4-14-27(16)21(29)15-31-23-26-25-22(17-6-8-18(24)9-7-17)28(23)19-10-12-20(30-2)13-11-19/h6-13,16H,3-5,14-15H2,1-2H3. The van der Waals surface area contributed by atoms with E-state index in [9.17, 15) is 4.79 Å². The van der Waals surface area contributed by atoms with Gasteiger partial charge >= 0.3 is 0 Å². The van der Waals surface area contributed by atoms with E-state index in [4.69, 9.17) is 16.3 Å². The van der Waals surface area contributed by atoms with Crippen molar-refractivity contribution in [3.05, 3.63) is 53.6 Å². The fourth-order valence-electron chi connectivity index (χ4n) is 3.79. The van der Waals surface area contributed by atoms with Gasteiger partial charge in [-0.2, -0.15) is 0 Å². The second-order valence-corrected chi connectivity index (χ2v) is 8.95. The first kappa shape index (κ1) is 21.7. The number of piperidine rings is 1. The quantitative estimate of drug-likeness (QED) is 0.483. The average Bonchev–Trinajstić information content (AvgIpc) is 3.22. The van der Waals surface area contributed by atoms with Crippen LogP contribution < -0.4 is 4.74 Å². The number of ether oxygens (including phenoxy) is 1. The van der Waals surface area contributed by atoms with Crippen LogP contribution in [0, 0.1) is 0 Å². The van der Waals surface area contributed by atoms with Crippen LogP contribution in [-0.2, 0) is 4.79 Å². The predicted molar refractivity (Wildman–Crippen MR) is 124 cm³/mol. The van der Waals surface area contributed by atoms with Crippen molar-refractivity contribution in [3.63, 3.8) is 0 Å². The molecule has 2 heterocycles. The van der Waals surface area contributed by atoms with Gasteiger partial charge in [-0.15, -0.1) is 10.2 Å². The number of carbonyl (C=O) groups is 1. The van der Waals surface area contributed by atoms with Gasteiger partial charge in [0, 0.05) is 28.9 Å². The summed E-state index contributed by atoms with van der Waals surface area (Å²) in [4.78, 5) is 14.8. The minimum absolute atomic E-state index is 0.148. The molecule has 1 saturated heterocycles. The molecule has 0 radical (unpaired) electrons. The third-order valence-electron chi connectivity index (χ3n) is 5.51. The number of aromatic nitrogens is 3. The molecule has 162 valence electrons. The Bertz CT molecular complexity index is 1040. The Hall–Kier alpha value is -2.51. The molecule has 1 fully saturated rings. The minimum atomic E-state index is 0.148. The van der Waals surface area contributed by atoms with Crippen molar-refractivity contribution in [1.29, 1.82) is 0 Å². The van der Waals surface area contributed by atoms with E-state index in [0.29, 0.717) is 27.8 Å². The Morgan fingerprint density at radius 3 is 2.55 bits per heavy atom. The minimum Gasteiger partial charge on any atom is -0.497 e. The van der Waals surface area contributed by atoms with Crippen LogP contribution in [0.4, 0.5) is 0 Å². The maximum atomic E-state index is 12.8. The van der Waals surface area contributed by atoms with Crippen molar-refractivity contribution >= 4 is 29.3 Å². The molecule has 4 rings (SSSR count). The van der Waals surface area contributed by atoms with Crippen LogP contribution in [0.1, 0.15) is 26.2 Å². The SMILES string of the molecule is COc1ccc(-n2c(SCC(=O)N3CCCCC3C)nnc2-c2ccc(Cl)cc2)cc1. The maximum absolute atomic E-state index is 12.8. The van der Waals surface area contributed by atoms with Gasteiger partial charge in [0.05, 0.1) is 12.9 Å². The first-order chi connectivity index (χ1) is 15.1.